The number of carbonyl (C=O) groups is 2. The van der Waals surface area contributed by atoms with Crippen LogP contribution < -0.4 is 10.1 Å². The monoisotopic (exact) mass is 395 g/mol. The van der Waals surface area contributed by atoms with Gasteiger partial charge >= 0.3 is 5.97 Å². The minimum atomic E-state index is -0.451. The molecule has 0 bridgehead atoms. The van der Waals surface area contributed by atoms with E-state index in [-0.39, 0.29) is 12.5 Å². The second kappa shape index (κ2) is 8.50. The largest absolute Gasteiger partial charge is 0.482 e. The quantitative estimate of drug-likeness (QED) is 0.597. The summed E-state index contributed by atoms with van der Waals surface area (Å²) in [5.74, 6) is -0.155. The summed E-state index contributed by atoms with van der Waals surface area (Å²) in [6.45, 7) is -0.151. The molecule has 0 spiro atoms. The van der Waals surface area contributed by atoms with E-state index in [2.05, 4.69) is 26.0 Å². The van der Waals surface area contributed by atoms with Crippen LogP contribution in [0.3, 0.4) is 0 Å². The van der Waals surface area contributed by atoms with Crippen molar-refractivity contribution in [3.8, 4) is 5.75 Å². The third-order valence-electron chi connectivity index (χ3n) is 2.70. The lowest BCUT2D eigenvalue weighted by Gasteiger charge is -2.06. The number of esters is 1. The van der Waals surface area contributed by atoms with Gasteiger partial charge in [0.2, 0.25) is 5.91 Å². The average Bonchev–Trinajstić information content (AvgIpc) is 2.97. The smallest absolute Gasteiger partial charge is 0.343 e. The minimum absolute atomic E-state index is 0.151. The van der Waals surface area contributed by atoms with Gasteiger partial charge in [-0.3, -0.25) is 4.79 Å². The fourth-order valence-corrected chi connectivity index (χ4v) is 2.92. The standard InChI is InChI=1S/C16H14BrNO4S/c1-21-16(20)10-22-12-4-2-11(3-5-12)18-15(19)9-7-13-6-8-14(17)23-13/h2-9H,10H2,1H3,(H,18,19)/b9-7+. The number of methoxy groups -OCH3 is 1. The summed E-state index contributed by atoms with van der Waals surface area (Å²) in [7, 11) is 1.30. The minimum Gasteiger partial charge on any atom is -0.482 e. The normalized spacial score (nSPS) is 10.5. The van der Waals surface area contributed by atoms with E-state index in [1.165, 1.54) is 13.2 Å². The molecule has 1 N–H and O–H groups in total. The molecule has 0 fully saturated rings. The summed E-state index contributed by atoms with van der Waals surface area (Å²) < 4.78 is 10.7. The van der Waals surface area contributed by atoms with Gasteiger partial charge in [0, 0.05) is 16.6 Å². The number of ether oxygens (including phenoxy) is 2. The second-order valence-corrected chi connectivity index (χ2v) is 6.85. The summed E-state index contributed by atoms with van der Waals surface area (Å²) in [5, 5.41) is 2.74. The third-order valence-corrected chi connectivity index (χ3v) is 4.29. The Bertz CT molecular complexity index is 709. The highest BCUT2D eigenvalue weighted by Crippen LogP contribution is 2.23. The number of hydrogen-bond acceptors (Lipinski definition) is 5. The van der Waals surface area contributed by atoms with E-state index in [0.29, 0.717) is 11.4 Å². The molecule has 0 unspecified atom stereocenters. The van der Waals surface area contributed by atoms with E-state index in [4.69, 9.17) is 4.74 Å². The number of hydrogen-bond donors (Lipinski definition) is 1. The molecular formula is C16H14BrNO4S. The van der Waals surface area contributed by atoms with E-state index >= 15 is 0 Å². The Balaban J connectivity index is 1.86. The number of halogens is 1. The first-order valence-corrected chi connectivity index (χ1v) is 8.22. The summed E-state index contributed by atoms with van der Waals surface area (Å²) in [5.41, 5.74) is 0.637. The van der Waals surface area contributed by atoms with Crippen LogP contribution in [0.25, 0.3) is 6.08 Å². The van der Waals surface area contributed by atoms with Gasteiger partial charge in [-0.2, -0.15) is 0 Å². The summed E-state index contributed by atoms with van der Waals surface area (Å²) in [6.07, 6.45) is 3.22. The molecule has 2 rings (SSSR count). The number of carbonyl (C=O) groups excluding carboxylic acids is 2. The first kappa shape index (κ1) is 17.2. The van der Waals surface area contributed by atoms with Gasteiger partial charge in [-0.15, -0.1) is 11.3 Å². The lowest BCUT2D eigenvalue weighted by Crippen LogP contribution is -2.12. The highest BCUT2D eigenvalue weighted by molar-refractivity contribution is 9.11. The van der Waals surface area contributed by atoms with Crippen molar-refractivity contribution in [2.45, 2.75) is 0 Å². The molecular weight excluding hydrogens is 382 g/mol. The van der Waals surface area contributed by atoms with Crippen molar-refractivity contribution in [2.24, 2.45) is 0 Å². The fourth-order valence-electron chi connectivity index (χ4n) is 1.60. The Hall–Kier alpha value is -2.12. The van der Waals surface area contributed by atoms with Gasteiger partial charge in [0.25, 0.3) is 0 Å². The number of nitrogens with one attached hydrogen (secondary N) is 1. The van der Waals surface area contributed by atoms with Crippen molar-refractivity contribution < 1.29 is 19.1 Å². The molecule has 23 heavy (non-hydrogen) atoms. The molecule has 0 aliphatic rings. The molecule has 7 heteroatoms. The average molecular weight is 396 g/mol. The molecule has 0 saturated heterocycles. The van der Waals surface area contributed by atoms with Crippen LogP contribution in [0.2, 0.25) is 0 Å². The molecule has 2 aromatic rings. The maximum absolute atomic E-state index is 11.8. The van der Waals surface area contributed by atoms with Crippen molar-refractivity contribution in [3.05, 3.63) is 51.1 Å². The lowest BCUT2D eigenvalue weighted by molar-refractivity contribution is -0.142. The zero-order chi connectivity index (χ0) is 16.7. The SMILES string of the molecule is COC(=O)COc1ccc(NC(=O)/C=C/c2ccc(Br)s2)cc1. The van der Waals surface area contributed by atoms with Crippen molar-refractivity contribution in [2.75, 3.05) is 19.0 Å². The molecule has 1 aromatic heterocycles. The van der Waals surface area contributed by atoms with Crippen LogP contribution in [0.15, 0.2) is 46.3 Å². The van der Waals surface area contributed by atoms with Gasteiger partial charge in [-0.25, -0.2) is 4.79 Å². The topological polar surface area (TPSA) is 64.6 Å². The molecule has 1 heterocycles. The predicted octanol–water partition coefficient (Wildman–Crippen LogP) is 3.71. The van der Waals surface area contributed by atoms with Gasteiger partial charge in [0.15, 0.2) is 6.61 Å². The Morgan fingerprint density at radius 3 is 2.57 bits per heavy atom. The van der Waals surface area contributed by atoms with Gasteiger partial charge in [0.1, 0.15) is 5.75 Å². The first-order valence-electron chi connectivity index (χ1n) is 6.61. The van der Waals surface area contributed by atoms with Crippen molar-refractivity contribution in [3.63, 3.8) is 0 Å². The molecule has 1 aromatic carbocycles. The lowest BCUT2D eigenvalue weighted by atomic mass is 10.3. The maximum atomic E-state index is 11.8. The number of amides is 1. The molecule has 0 radical (unpaired) electrons. The molecule has 0 saturated carbocycles. The zero-order valence-electron chi connectivity index (χ0n) is 12.2. The summed E-state index contributed by atoms with van der Waals surface area (Å²) in [6, 6.07) is 10.6. The van der Waals surface area contributed by atoms with E-state index in [1.807, 2.05) is 12.1 Å². The Labute approximate surface area is 146 Å². The zero-order valence-corrected chi connectivity index (χ0v) is 14.6. The number of anilines is 1. The van der Waals surface area contributed by atoms with E-state index in [1.54, 1.807) is 41.7 Å². The number of rotatable bonds is 6. The molecule has 1 amide bonds. The van der Waals surface area contributed by atoms with Gasteiger partial charge < -0.3 is 14.8 Å². The summed E-state index contributed by atoms with van der Waals surface area (Å²) in [4.78, 5) is 23.8. The van der Waals surface area contributed by atoms with Crippen molar-refractivity contribution >= 4 is 50.9 Å². The molecule has 120 valence electrons. The fraction of sp³-hybridized carbons (Fsp3) is 0.125. The van der Waals surface area contributed by atoms with Crippen molar-refractivity contribution in [1.29, 1.82) is 0 Å². The Morgan fingerprint density at radius 2 is 1.96 bits per heavy atom. The predicted molar refractivity (Wildman–Crippen MR) is 93.6 cm³/mol. The van der Waals surface area contributed by atoms with Crippen LogP contribution in [-0.4, -0.2) is 25.6 Å². The highest BCUT2D eigenvalue weighted by atomic mass is 79.9. The van der Waals surface area contributed by atoms with Crippen LogP contribution in [0.1, 0.15) is 4.88 Å². The van der Waals surface area contributed by atoms with E-state index < -0.39 is 5.97 Å². The van der Waals surface area contributed by atoms with Gasteiger partial charge in [-0.1, -0.05) is 0 Å². The van der Waals surface area contributed by atoms with Crippen LogP contribution in [0.5, 0.6) is 5.75 Å². The first-order chi connectivity index (χ1) is 11.1. The van der Waals surface area contributed by atoms with E-state index in [9.17, 15) is 9.59 Å². The molecule has 0 atom stereocenters. The maximum Gasteiger partial charge on any atom is 0.343 e. The second-order valence-electron chi connectivity index (χ2n) is 4.35. The Kier molecular flexibility index (Phi) is 6.37. The van der Waals surface area contributed by atoms with Gasteiger partial charge in [0.05, 0.1) is 10.9 Å². The number of benzene rings is 1. The van der Waals surface area contributed by atoms with Crippen LogP contribution in [0.4, 0.5) is 5.69 Å². The Morgan fingerprint density at radius 1 is 1.22 bits per heavy atom. The molecule has 0 aliphatic heterocycles. The molecule has 0 aliphatic carbocycles. The van der Waals surface area contributed by atoms with Crippen LogP contribution >= 0.6 is 27.3 Å². The number of thiophene rings is 1. The van der Waals surface area contributed by atoms with Gasteiger partial charge in [-0.05, 0) is 58.4 Å². The molecule has 5 nitrogen and oxygen atoms in total. The summed E-state index contributed by atoms with van der Waals surface area (Å²) >= 11 is 4.91. The third kappa shape index (κ3) is 5.88. The van der Waals surface area contributed by atoms with Crippen LogP contribution in [0, 0.1) is 0 Å². The van der Waals surface area contributed by atoms with Crippen molar-refractivity contribution in [1.82, 2.24) is 0 Å². The van der Waals surface area contributed by atoms with Crippen LogP contribution in [-0.2, 0) is 14.3 Å². The highest BCUT2D eigenvalue weighted by Gasteiger charge is 2.03. The van der Waals surface area contributed by atoms with E-state index in [0.717, 1.165) is 8.66 Å².